The summed E-state index contributed by atoms with van der Waals surface area (Å²) in [5.41, 5.74) is 1.22. The van der Waals surface area contributed by atoms with Crippen molar-refractivity contribution in [2.75, 3.05) is 11.9 Å². The van der Waals surface area contributed by atoms with Crippen LogP contribution < -0.4 is 4.90 Å². The molecule has 1 amide bonds. The molecule has 1 aromatic heterocycles. The second kappa shape index (κ2) is 15.0. The van der Waals surface area contributed by atoms with Crippen molar-refractivity contribution in [2.45, 2.75) is 41.5 Å². The van der Waals surface area contributed by atoms with E-state index in [9.17, 15) is 4.79 Å². The van der Waals surface area contributed by atoms with Gasteiger partial charge in [0.25, 0.3) is 5.91 Å². The van der Waals surface area contributed by atoms with Crippen LogP contribution in [0.3, 0.4) is 0 Å². The van der Waals surface area contributed by atoms with Crippen LogP contribution in [0.4, 0.5) is 5.69 Å². The fraction of sp³-hybridized carbons (Fsp3) is 0.368. The van der Waals surface area contributed by atoms with Gasteiger partial charge in [0.15, 0.2) is 0 Å². The second-order valence-electron chi connectivity index (χ2n) is 3.54. The zero-order valence-corrected chi connectivity index (χ0v) is 16.1. The molecule has 0 saturated carbocycles. The van der Waals surface area contributed by atoms with Crippen molar-refractivity contribution in [1.82, 2.24) is 4.98 Å². The van der Waals surface area contributed by atoms with Gasteiger partial charge < -0.3 is 4.90 Å². The fourth-order valence-corrected chi connectivity index (χ4v) is 1.70. The Morgan fingerprint density at radius 3 is 1.91 bits per heavy atom. The number of para-hydroxylation sites is 1. The standard InChI is InChI=1S/C13H11ClN2O.3C2H6/c1-16(10-6-3-2-4-7-10)13(17)11-8-5-9-15-12(11)14;3*1-2/h2-9H,1H3;3*1-2H3. The van der Waals surface area contributed by atoms with Gasteiger partial charge in [-0.2, -0.15) is 0 Å². The third-order valence-corrected chi connectivity index (χ3v) is 2.74. The smallest absolute Gasteiger partial charge is 0.261 e. The molecule has 0 spiro atoms. The van der Waals surface area contributed by atoms with Crippen LogP contribution in [0.2, 0.25) is 5.15 Å². The molecule has 0 atom stereocenters. The minimum absolute atomic E-state index is 0.172. The summed E-state index contributed by atoms with van der Waals surface area (Å²) in [4.78, 5) is 17.6. The molecule has 0 bridgehead atoms. The van der Waals surface area contributed by atoms with E-state index in [1.807, 2.05) is 71.9 Å². The molecule has 0 unspecified atom stereocenters. The van der Waals surface area contributed by atoms with Gasteiger partial charge in [0.1, 0.15) is 5.15 Å². The normalized spacial score (nSPS) is 8.17. The van der Waals surface area contributed by atoms with Crippen molar-refractivity contribution >= 4 is 23.2 Å². The van der Waals surface area contributed by atoms with E-state index in [2.05, 4.69) is 4.98 Å². The number of hydrogen-bond acceptors (Lipinski definition) is 2. The summed E-state index contributed by atoms with van der Waals surface area (Å²) in [5.74, 6) is -0.172. The molecule has 2 aromatic rings. The van der Waals surface area contributed by atoms with Gasteiger partial charge >= 0.3 is 0 Å². The SMILES string of the molecule is CC.CC.CC.CN(C(=O)c1cccnc1Cl)c1ccccc1. The Hall–Kier alpha value is -1.87. The van der Waals surface area contributed by atoms with Crippen molar-refractivity contribution in [1.29, 1.82) is 0 Å². The predicted molar refractivity (Wildman–Crippen MR) is 102 cm³/mol. The first-order valence-corrected chi connectivity index (χ1v) is 8.51. The first kappa shape index (κ1) is 23.4. The molecule has 0 aliphatic heterocycles. The number of halogens is 1. The molecular weight excluding hydrogens is 308 g/mol. The predicted octanol–water partition coefficient (Wildman–Crippen LogP) is 6.09. The quantitative estimate of drug-likeness (QED) is 0.621. The van der Waals surface area contributed by atoms with Crippen LogP contribution in [-0.2, 0) is 0 Å². The van der Waals surface area contributed by atoms with Gasteiger partial charge in [-0.1, -0.05) is 71.3 Å². The van der Waals surface area contributed by atoms with Crippen LogP contribution in [0.1, 0.15) is 51.9 Å². The number of nitrogens with zero attached hydrogens (tertiary/aromatic N) is 2. The molecule has 0 radical (unpaired) electrons. The highest BCUT2D eigenvalue weighted by Crippen LogP contribution is 2.18. The molecule has 1 heterocycles. The fourth-order valence-electron chi connectivity index (χ4n) is 1.50. The van der Waals surface area contributed by atoms with E-state index >= 15 is 0 Å². The van der Waals surface area contributed by atoms with E-state index < -0.39 is 0 Å². The summed E-state index contributed by atoms with van der Waals surface area (Å²) in [6, 6.07) is 12.7. The van der Waals surface area contributed by atoms with Crippen LogP contribution in [0.15, 0.2) is 48.7 Å². The zero-order chi connectivity index (χ0) is 18.3. The average Bonchev–Trinajstić information content (AvgIpc) is 2.66. The number of anilines is 1. The number of carbonyl (C=O) groups is 1. The number of amides is 1. The maximum Gasteiger partial charge on any atom is 0.261 e. The van der Waals surface area contributed by atoms with Gasteiger partial charge in [-0.3, -0.25) is 4.79 Å². The van der Waals surface area contributed by atoms with Crippen LogP contribution in [0, 0.1) is 0 Å². The lowest BCUT2D eigenvalue weighted by molar-refractivity contribution is 0.0993. The summed E-state index contributed by atoms with van der Waals surface area (Å²) < 4.78 is 0. The molecule has 0 aliphatic carbocycles. The minimum atomic E-state index is -0.172. The van der Waals surface area contributed by atoms with Gasteiger partial charge in [-0.25, -0.2) is 4.98 Å². The zero-order valence-electron chi connectivity index (χ0n) is 15.3. The lowest BCUT2D eigenvalue weighted by atomic mass is 10.2. The highest BCUT2D eigenvalue weighted by molar-refractivity contribution is 6.33. The van der Waals surface area contributed by atoms with Crippen molar-refractivity contribution in [2.24, 2.45) is 0 Å². The first-order valence-electron chi connectivity index (χ1n) is 8.14. The van der Waals surface area contributed by atoms with Crippen LogP contribution >= 0.6 is 11.6 Å². The number of carbonyl (C=O) groups excluding carboxylic acids is 1. The molecule has 1 aromatic carbocycles. The van der Waals surface area contributed by atoms with E-state index in [0.29, 0.717) is 5.56 Å². The first-order chi connectivity index (χ1) is 11.2. The Bertz CT molecular complexity index is 530. The minimum Gasteiger partial charge on any atom is -0.311 e. The largest absolute Gasteiger partial charge is 0.311 e. The highest BCUT2D eigenvalue weighted by atomic mass is 35.5. The highest BCUT2D eigenvalue weighted by Gasteiger charge is 2.16. The lowest BCUT2D eigenvalue weighted by Crippen LogP contribution is -2.26. The van der Waals surface area contributed by atoms with Crippen molar-refractivity contribution in [3.63, 3.8) is 0 Å². The van der Waals surface area contributed by atoms with E-state index in [1.54, 1.807) is 30.3 Å². The van der Waals surface area contributed by atoms with E-state index in [0.717, 1.165) is 5.69 Å². The van der Waals surface area contributed by atoms with Gasteiger partial charge in [-0.15, -0.1) is 0 Å². The van der Waals surface area contributed by atoms with E-state index in [4.69, 9.17) is 11.6 Å². The van der Waals surface area contributed by atoms with Crippen molar-refractivity contribution < 1.29 is 4.79 Å². The maximum atomic E-state index is 12.2. The van der Waals surface area contributed by atoms with Gasteiger partial charge in [0, 0.05) is 18.9 Å². The molecular formula is C19H29ClN2O. The topological polar surface area (TPSA) is 33.2 Å². The second-order valence-corrected chi connectivity index (χ2v) is 3.90. The molecule has 4 heteroatoms. The molecule has 0 saturated heterocycles. The third-order valence-electron chi connectivity index (χ3n) is 2.44. The molecule has 2 rings (SSSR count). The molecule has 0 fully saturated rings. The van der Waals surface area contributed by atoms with E-state index in [1.165, 1.54) is 0 Å². The molecule has 128 valence electrons. The number of rotatable bonds is 2. The van der Waals surface area contributed by atoms with Gasteiger partial charge in [0.05, 0.1) is 5.56 Å². The van der Waals surface area contributed by atoms with Gasteiger partial charge in [0.2, 0.25) is 0 Å². The van der Waals surface area contributed by atoms with Crippen LogP contribution in [0.25, 0.3) is 0 Å². The molecule has 0 N–H and O–H groups in total. The lowest BCUT2D eigenvalue weighted by Gasteiger charge is -2.17. The van der Waals surface area contributed by atoms with Gasteiger partial charge in [-0.05, 0) is 24.3 Å². The number of aromatic nitrogens is 1. The number of benzene rings is 1. The molecule has 0 aliphatic rings. The summed E-state index contributed by atoms with van der Waals surface area (Å²) in [6.45, 7) is 12.0. The monoisotopic (exact) mass is 336 g/mol. The van der Waals surface area contributed by atoms with E-state index in [-0.39, 0.29) is 11.1 Å². The Morgan fingerprint density at radius 2 is 1.43 bits per heavy atom. The summed E-state index contributed by atoms with van der Waals surface area (Å²) in [6.07, 6.45) is 1.56. The van der Waals surface area contributed by atoms with Crippen molar-refractivity contribution in [3.8, 4) is 0 Å². The Morgan fingerprint density at radius 1 is 0.913 bits per heavy atom. The Labute approximate surface area is 146 Å². The maximum absolute atomic E-state index is 12.2. The summed E-state index contributed by atoms with van der Waals surface area (Å²) in [7, 11) is 1.71. The van der Waals surface area contributed by atoms with Crippen molar-refractivity contribution in [3.05, 3.63) is 59.4 Å². The van der Waals surface area contributed by atoms with Crippen LogP contribution in [0.5, 0.6) is 0 Å². The summed E-state index contributed by atoms with van der Waals surface area (Å²) in [5, 5.41) is 0.222. The average molecular weight is 337 g/mol. The Kier molecular flexibility index (Phi) is 15.3. The molecule has 3 nitrogen and oxygen atoms in total. The van der Waals surface area contributed by atoms with Crippen LogP contribution in [-0.4, -0.2) is 17.9 Å². The number of pyridine rings is 1. The third kappa shape index (κ3) is 7.80. The Balaban J connectivity index is 0. The molecule has 23 heavy (non-hydrogen) atoms. The summed E-state index contributed by atoms with van der Waals surface area (Å²) >= 11 is 5.89. The number of hydrogen-bond donors (Lipinski definition) is 0.